The Labute approximate surface area is 131 Å². The summed E-state index contributed by atoms with van der Waals surface area (Å²) in [5.74, 6) is -0.0333. The first-order chi connectivity index (χ1) is 10.6. The molecule has 0 amide bonds. The molecule has 0 aliphatic heterocycles. The van der Waals surface area contributed by atoms with E-state index in [2.05, 4.69) is 0 Å². The quantitative estimate of drug-likeness (QED) is 0.715. The molecular weight excluding hydrogens is 304 g/mol. The number of halogens is 1. The van der Waals surface area contributed by atoms with Crippen molar-refractivity contribution < 1.29 is 19.1 Å². The van der Waals surface area contributed by atoms with Crippen LogP contribution in [-0.2, 0) is 4.74 Å². The average molecular weight is 317 g/mol. The van der Waals surface area contributed by atoms with E-state index in [9.17, 15) is 9.90 Å². The van der Waals surface area contributed by atoms with E-state index in [1.165, 1.54) is 12.1 Å². The van der Waals surface area contributed by atoms with Gasteiger partial charge in [-0.15, -0.1) is 0 Å². The van der Waals surface area contributed by atoms with Gasteiger partial charge in [0, 0.05) is 16.0 Å². The summed E-state index contributed by atoms with van der Waals surface area (Å²) in [6.07, 6.45) is 0. The maximum atomic E-state index is 12.3. The Kier molecular flexibility index (Phi) is 3.77. The molecule has 0 spiro atoms. The van der Waals surface area contributed by atoms with E-state index in [0.717, 1.165) is 0 Å². The number of benzene rings is 2. The number of fused-ring (bicyclic) bond motifs is 1. The predicted octanol–water partition coefficient (Wildman–Crippen LogP) is 4.64. The zero-order valence-electron chi connectivity index (χ0n) is 11.8. The standard InChI is InChI=1S/C17H13ClO4/c1-2-21-17(20)15-13-9-12(19)7-8-14(13)22-16(15)10-3-5-11(18)6-4-10/h3-9,19H,2H2,1H3. The molecule has 0 saturated heterocycles. The van der Waals surface area contributed by atoms with E-state index in [0.29, 0.717) is 32.9 Å². The predicted molar refractivity (Wildman–Crippen MR) is 84.3 cm³/mol. The van der Waals surface area contributed by atoms with Crippen LogP contribution in [0.1, 0.15) is 17.3 Å². The molecule has 2 aromatic carbocycles. The molecule has 1 heterocycles. The van der Waals surface area contributed by atoms with Gasteiger partial charge in [0.15, 0.2) is 0 Å². The van der Waals surface area contributed by atoms with E-state index < -0.39 is 5.97 Å². The maximum absolute atomic E-state index is 12.3. The zero-order chi connectivity index (χ0) is 15.7. The molecule has 5 heteroatoms. The number of hydrogen-bond acceptors (Lipinski definition) is 4. The summed E-state index contributed by atoms with van der Waals surface area (Å²) in [5, 5.41) is 10.8. The molecule has 1 N–H and O–H groups in total. The van der Waals surface area contributed by atoms with Crippen molar-refractivity contribution >= 4 is 28.5 Å². The molecule has 0 radical (unpaired) electrons. The molecule has 0 bridgehead atoms. The summed E-state index contributed by atoms with van der Waals surface area (Å²) in [7, 11) is 0. The second kappa shape index (κ2) is 5.73. The second-order valence-corrected chi connectivity index (χ2v) is 5.15. The van der Waals surface area contributed by atoms with Crippen LogP contribution < -0.4 is 0 Å². The zero-order valence-corrected chi connectivity index (χ0v) is 12.6. The molecule has 4 nitrogen and oxygen atoms in total. The van der Waals surface area contributed by atoms with Crippen LogP contribution in [0, 0.1) is 0 Å². The first-order valence-electron chi connectivity index (χ1n) is 6.78. The molecule has 1 aromatic heterocycles. The third-order valence-corrected chi connectivity index (χ3v) is 3.51. The van der Waals surface area contributed by atoms with Gasteiger partial charge in [0.2, 0.25) is 0 Å². The van der Waals surface area contributed by atoms with Crippen LogP contribution in [0.3, 0.4) is 0 Å². The number of carbonyl (C=O) groups excluding carboxylic acids is 1. The Balaban J connectivity index is 2.26. The highest BCUT2D eigenvalue weighted by molar-refractivity contribution is 6.30. The first-order valence-corrected chi connectivity index (χ1v) is 7.16. The van der Waals surface area contributed by atoms with Crippen molar-refractivity contribution in [2.45, 2.75) is 6.92 Å². The summed E-state index contributed by atoms with van der Waals surface area (Å²) in [6.45, 7) is 1.99. The molecule has 3 aromatic rings. The second-order valence-electron chi connectivity index (χ2n) is 4.71. The smallest absolute Gasteiger partial charge is 0.342 e. The monoisotopic (exact) mass is 316 g/mol. The Morgan fingerprint density at radius 2 is 1.95 bits per heavy atom. The molecule has 0 aliphatic carbocycles. The van der Waals surface area contributed by atoms with Gasteiger partial charge in [-0.05, 0) is 49.4 Å². The van der Waals surface area contributed by atoms with E-state index in [1.54, 1.807) is 37.3 Å². The lowest BCUT2D eigenvalue weighted by molar-refractivity contribution is 0.0529. The maximum Gasteiger partial charge on any atom is 0.342 e. The van der Waals surface area contributed by atoms with Gasteiger partial charge in [-0.1, -0.05) is 11.6 Å². The number of hydrogen-bond donors (Lipinski definition) is 1. The van der Waals surface area contributed by atoms with Crippen molar-refractivity contribution in [1.82, 2.24) is 0 Å². The van der Waals surface area contributed by atoms with Crippen LogP contribution in [0.5, 0.6) is 5.75 Å². The van der Waals surface area contributed by atoms with E-state index >= 15 is 0 Å². The number of aromatic hydroxyl groups is 1. The highest BCUT2D eigenvalue weighted by atomic mass is 35.5. The Hall–Kier alpha value is -2.46. The van der Waals surface area contributed by atoms with Crippen molar-refractivity contribution in [3.05, 3.63) is 53.1 Å². The van der Waals surface area contributed by atoms with Crippen LogP contribution in [0.2, 0.25) is 5.02 Å². The fourth-order valence-electron chi connectivity index (χ4n) is 2.30. The van der Waals surface area contributed by atoms with Crippen LogP contribution in [0.15, 0.2) is 46.9 Å². The van der Waals surface area contributed by atoms with E-state index in [4.69, 9.17) is 20.8 Å². The van der Waals surface area contributed by atoms with Gasteiger partial charge in [-0.25, -0.2) is 4.79 Å². The molecule has 0 aliphatic rings. The highest BCUT2D eigenvalue weighted by Gasteiger charge is 2.23. The topological polar surface area (TPSA) is 59.7 Å². The summed E-state index contributed by atoms with van der Waals surface area (Å²) < 4.78 is 10.9. The van der Waals surface area contributed by atoms with Crippen molar-refractivity contribution in [3.63, 3.8) is 0 Å². The van der Waals surface area contributed by atoms with Crippen molar-refractivity contribution in [2.75, 3.05) is 6.61 Å². The molecule has 0 saturated carbocycles. The fraction of sp³-hybridized carbons (Fsp3) is 0.118. The van der Waals surface area contributed by atoms with Crippen LogP contribution in [0.25, 0.3) is 22.3 Å². The number of phenolic OH excluding ortho intramolecular Hbond substituents is 1. The van der Waals surface area contributed by atoms with Gasteiger partial charge in [-0.3, -0.25) is 0 Å². The van der Waals surface area contributed by atoms with E-state index in [-0.39, 0.29) is 12.4 Å². The lowest BCUT2D eigenvalue weighted by atomic mass is 10.1. The van der Waals surface area contributed by atoms with Crippen LogP contribution >= 0.6 is 11.6 Å². The largest absolute Gasteiger partial charge is 0.508 e. The SMILES string of the molecule is CCOC(=O)c1c(-c2ccc(Cl)cc2)oc2ccc(O)cc12. The average Bonchev–Trinajstić information content (AvgIpc) is 2.86. The number of carbonyl (C=O) groups is 1. The highest BCUT2D eigenvalue weighted by Crippen LogP contribution is 2.36. The molecular formula is C17H13ClO4. The first kappa shape index (κ1) is 14.5. The molecule has 112 valence electrons. The Morgan fingerprint density at radius 1 is 1.23 bits per heavy atom. The summed E-state index contributed by atoms with van der Waals surface area (Å²) in [4.78, 5) is 12.3. The Bertz CT molecular complexity index is 834. The number of ether oxygens (including phenoxy) is 1. The van der Waals surface area contributed by atoms with Gasteiger partial charge in [0.25, 0.3) is 0 Å². The van der Waals surface area contributed by atoms with Crippen molar-refractivity contribution in [1.29, 1.82) is 0 Å². The number of esters is 1. The summed E-state index contributed by atoms with van der Waals surface area (Å²) in [6, 6.07) is 11.6. The minimum absolute atomic E-state index is 0.0569. The lowest BCUT2D eigenvalue weighted by Crippen LogP contribution is -2.05. The molecule has 22 heavy (non-hydrogen) atoms. The summed E-state index contributed by atoms with van der Waals surface area (Å²) >= 11 is 5.90. The van der Waals surface area contributed by atoms with Gasteiger partial charge >= 0.3 is 5.97 Å². The number of rotatable bonds is 3. The lowest BCUT2D eigenvalue weighted by Gasteiger charge is -2.03. The van der Waals surface area contributed by atoms with Gasteiger partial charge < -0.3 is 14.3 Å². The molecule has 0 atom stereocenters. The van der Waals surface area contributed by atoms with E-state index in [1.807, 2.05) is 0 Å². The van der Waals surface area contributed by atoms with Crippen molar-refractivity contribution in [2.24, 2.45) is 0 Å². The van der Waals surface area contributed by atoms with Gasteiger partial charge in [0.1, 0.15) is 22.7 Å². The van der Waals surface area contributed by atoms with Crippen LogP contribution in [0.4, 0.5) is 0 Å². The van der Waals surface area contributed by atoms with Crippen LogP contribution in [-0.4, -0.2) is 17.7 Å². The minimum atomic E-state index is -0.489. The Morgan fingerprint density at radius 3 is 2.64 bits per heavy atom. The third kappa shape index (κ3) is 2.53. The molecule has 0 unspecified atom stereocenters. The third-order valence-electron chi connectivity index (χ3n) is 3.26. The minimum Gasteiger partial charge on any atom is -0.508 e. The molecule has 3 rings (SSSR count). The fourth-order valence-corrected chi connectivity index (χ4v) is 2.42. The van der Waals surface area contributed by atoms with Gasteiger partial charge in [-0.2, -0.15) is 0 Å². The number of phenols is 1. The number of furan rings is 1. The summed E-state index contributed by atoms with van der Waals surface area (Å²) in [5.41, 5.74) is 1.52. The van der Waals surface area contributed by atoms with Crippen molar-refractivity contribution in [3.8, 4) is 17.1 Å². The normalized spacial score (nSPS) is 10.8. The molecule has 0 fully saturated rings. The van der Waals surface area contributed by atoms with Gasteiger partial charge in [0.05, 0.1) is 6.61 Å².